The normalized spacial score (nSPS) is 12.7. The summed E-state index contributed by atoms with van der Waals surface area (Å²) in [5.74, 6) is -1.08. The summed E-state index contributed by atoms with van der Waals surface area (Å²) in [5, 5.41) is 7.67. The fraction of sp³-hybridized carbons (Fsp3) is 0.400. The number of rotatable bonds is 4. The number of nitrogens with zero attached hydrogens (tertiary/aromatic N) is 2. The van der Waals surface area contributed by atoms with E-state index in [9.17, 15) is 8.78 Å². The molecule has 0 aliphatic carbocycles. The lowest BCUT2D eigenvalue weighted by atomic mass is 9.96. The van der Waals surface area contributed by atoms with Gasteiger partial charge in [-0.1, -0.05) is 17.7 Å². The van der Waals surface area contributed by atoms with Crippen LogP contribution in [-0.4, -0.2) is 16.8 Å². The number of benzene rings is 1. The first kappa shape index (κ1) is 15.9. The molecule has 0 aliphatic rings. The van der Waals surface area contributed by atoms with E-state index in [2.05, 4.69) is 10.4 Å². The van der Waals surface area contributed by atoms with Crippen molar-refractivity contribution in [2.24, 2.45) is 7.05 Å². The third-order valence-corrected chi connectivity index (χ3v) is 4.17. The highest BCUT2D eigenvalue weighted by Gasteiger charge is 2.23. The first-order valence-electron chi connectivity index (χ1n) is 6.66. The van der Waals surface area contributed by atoms with Crippen molar-refractivity contribution in [1.29, 1.82) is 0 Å². The van der Waals surface area contributed by atoms with Crippen LogP contribution in [0.1, 0.15) is 28.4 Å². The smallest absolute Gasteiger partial charge is 0.133 e. The molecule has 1 unspecified atom stereocenters. The quantitative estimate of drug-likeness (QED) is 0.936. The molecule has 1 aromatic carbocycles. The second kappa shape index (κ2) is 6.12. The van der Waals surface area contributed by atoms with Gasteiger partial charge in [-0.15, -0.1) is 0 Å². The van der Waals surface area contributed by atoms with Crippen molar-refractivity contribution in [3.63, 3.8) is 0 Å². The van der Waals surface area contributed by atoms with Gasteiger partial charge in [0.2, 0.25) is 0 Å². The van der Waals surface area contributed by atoms with E-state index in [1.165, 1.54) is 12.1 Å². The molecule has 21 heavy (non-hydrogen) atoms. The van der Waals surface area contributed by atoms with Gasteiger partial charge in [0.15, 0.2) is 0 Å². The van der Waals surface area contributed by atoms with E-state index in [0.29, 0.717) is 17.1 Å². The lowest BCUT2D eigenvalue weighted by molar-refractivity contribution is 0.485. The Kier molecular flexibility index (Phi) is 4.64. The third kappa shape index (κ3) is 2.94. The average Bonchev–Trinajstić information content (AvgIpc) is 2.68. The zero-order chi connectivity index (χ0) is 15.7. The minimum Gasteiger partial charge on any atom is -0.313 e. The monoisotopic (exact) mass is 313 g/mol. The minimum absolute atomic E-state index is 0.0387. The number of hydrogen-bond donors (Lipinski definition) is 1. The van der Waals surface area contributed by atoms with Crippen LogP contribution in [0, 0.1) is 25.5 Å². The van der Waals surface area contributed by atoms with Crippen LogP contribution in [0.4, 0.5) is 8.78 Å². The van der Waals surface area contributed by atoms with Gasteiger partial charge in [0.25, 0.3) is 0 Å². The van der Waals surface area contributed by atoms with Crippen molar-refractivity contribution >= 4 is 11.6 Å². The predicted octanol–water partition coefficient (Wildman–Crippen LogP) is 3.47. The van der Waals surface area contributed by atoms with E-state index in [4.69, 9.17) is 11.6 Å². The molecule has 0 amide bonds. The summed E-state index contributed by atoms with van der Waals surface area (Å²) in [6.07, 6.45) is 0.367. The van der Waals surface area contributed by atoms with Gasteiger partial charge >= 0.3 is 0 Å². The van der Waals surface area contributed by atoms with Gasteiger partial charge in [0.1, 0.15) is 16.8 Å². The topological polar surface area (TPSA) is 29.9 Å². The van der Waals surface area contributed by atoms with Crippen LogP contribution in [0.2, 0.25) is 5.15 Å². The number of nitrogens with one attached hydrogen (secondary N) is 1. The first-order chi connectivity index (χ1) is 9.86. The van der Waals surface area contributed by atoms with E-state index in [1.807, 2.05) is 6.92 Å². The van der Waals surface area contributed by atoms with Crippen LogP contribution in [0.15, 0.2) is 12.1 Å². The van der Waals surface area contributed by atoms with Crippen LogP contribution in [0.3, 0.4) is 0 Å². The highest BCUT2D eigenvalue weighted by Crippen LogP contribution is 2.29. The molecular weight excluding hydrogens is 296 g/mol. The van der Waals surface area contributed by atoms with Gasteiger partial charge in [0, 0.05) is 24.2 Å². The molecule has 6 heteroatoms. The lowest BCUT2D eigenvalue weighted by Gasteiger charge is -2.19. The van der Waals surface area contributed by atoms with E-state index in [1.54, 1.807) is 25.7 Å². The van der Waals surface area contributed by atoms with Crippen molar-refractivity contribution < 1.29 is 8.78 Å². The summed E-state index contributed by atoms with van der Waals surface area (Å²) in [6.45, 7) is 3.45. The van der Waals surface area contributed by atoms with Crippen LogP contribution in [0.5, 0.6) is 0 Å². The average molecular weight is 314 g/mol. The van der Waals surface area contributed by atoms with E-state index < -0.39 is 17.7 Å². The molecule has 114 valence electrons. The standard InChI is InChI=1S/C15H18ClF2N3/c1-8-5-6-11(17)13(14(8)18)12(19-3)7-10-9(2)20-21(4)15(10)16/h5-6,12,19H,7H2,1-4H3. The number of aromatic nitrogens is 2. The number of aryl methyl sites for hydroxylation is 3. The molecule has 0 radical (unpaired) electrons. The van der Waals surface area contributed by atoms with Gasteiger partial charge in [-0.05, 0) is 38.9 Å². The Hall–Kier alpha value is -1.46. The van der Waals surface area contributed by atoms with Crippen molar-refractivity contribution in [2.75, 3.05) is 7.05 Å². The molecule has 3 nitrogen and oxygen atoms in total. The first-order valence-corrected chi connectivity index (χ1v) is 7.04. The highest BCUT2D eigenvalue weighted by atomic mass is 35.5. The predicted molar refractivity (Wildman–Crippen MR) is 79.6 cm³/mol. The molecule has 2 rings (SSSR count). The molecule has 0 spiro atoms. The van der Waals surface area contributed by atoms with Crippen molar-refractivity contribution in [3.8, 4) is 0 Å². The maximum absolute atomic E-state index is 14.3. The number of hydrogen-bond acceptors (Lipinski definition) is 2. The zero-order valence-corrected chi connectivity index (χ0v) is 13.2. The Morgan fingerprint density at radius 2 is 2.00 bits per heavy atom. The molecule has 1 aromatic heterocycles. The summed E-state index contributed by atoms with van der Waals surface area (Å²) in [6, 6.07) is 2.21. The van der Waals surface area contributed by atoms with Gasteiger partial charge < -0.3 is 5.32 Å². The Morgan fingerprint density at radius 3 is 2.52 bits per heavy atom. The Labute approximate surface area is 127 Å². The summed E-state index contributed by atoms with van der Waals surface area (Å²) in [4.78, 5) is 0. The largest absolute Gasteiger partial charge is 0.313 e. The van der Waals surface area contributed by atoms with Gasteiger partial charge in [-0.25, -0.2) is 8.78 Å². The fourth-order valence-corrected chi connectivity index (χ4v) is 2.71. The lowest BCUT2D eigenvalue weighted by Crippen LogP contribution is -2.22. The zero-order valence-electron chi connectivity index (χ0n) is 12.5. The van der Waals surface area contributed by atoms with Crippen molar-refractivity contribution in [1.82, 2.24) is 15.1 Å². The summed E-state index contributed by atoms with van der Waals surface area (Å²) >= 11 is 6.20. The molecule has 0 fully saturated rings. The summed E-state index contributed by atoms with van der Waals surface area (Å²) < 4.78 is 29.9. The molecule has 1 N–H and O–H groups in total. The van der Waals surface area contributed by atoms with E-state index in [0.717, 1.165) is 11.3 Å². The molecule has 0 aliphatic heterocycles. The summed E-state index contributed by atoms with van der Waals surface area (Å²) in [7, 11) is 3.41. The Morgan fingerprint density at radius 1 is 1.33 bits per heavy atom. The van der Waals surface area contributed by atoms with Gasteiger partial charge in [-0.3, -0.25) is 4.68 Å². The van der Waals surface area contributed by atoms with E-state index in [-0.39, 0.29) is 5.56 Å². The number of halogens is 3. The molecule has 2 aromatic rings. The molecule has 1 heterocycles. The van der Waals surface area contributed by atoms with Crippen LogP contribution < -0.4 is 5.32 Å². The maximum atomic E-state index is 14.3. The molecule has 0 bridgehead atoms. The number of likely N-dealkylation sites (N-methyl/N-ethyl adjacent to an activating group) is 1. The molecule has 1 atom stereocenters. The van der Waals surface area contributed by atoms with Crippen LogP contribution in [-0.2, 0) is 13.5 Å². The van der Waals surface area contributed by atoms with Crippen LogP contribution >= 0.6 is 11.6 Å². The van der Waals surface area contributed by atoms with Gasteiger partial charge in [-0.2, -0.15) is 5.10 Å². The summed E-state index contributed by atoms with van der Waals surface area (Å²) in [5.41, 5.74) is 2.01. The SMILES string of the molecule is CNC(Cc1c(C)nn(C)c1Cl)c1c(F)ccc(C)c1F. The minimum atomic E-state index is -0.560. The van der Waals surface area contributed by atoms with E-state index >= 15 is 0 Å². The van der Waals surface area contributed by atoms with Gasteiger partial charge in [0.05, 0.1) is 5.69 Å². The highest BCUT2D eigenvalue weighted by molar-refractivity contribution is 6.30. The molecule has 0 saturated heterocycles. The Bertz CT molecular complexity index is 667. The third-order valence-electron chi connectivity index (χ3n) is 3.69. The Balaban J connectivity index is 2.44. The van der Waals surface area contributed by atoms with Crippen molar-refractivity contribution in [3.05, 3.63) is 51.3 Å². The second-order valence-corrected chi connectivity index (χ2v) is 5.47. The fourth-order valence-electron chi connectivity index (χ4n) is 2.46. The maximum Gasteiger partial charge on any atom is 0.133 e. The molecular formula is C15H18ClF2N3. The van der Waals surface area contributed by atoms with Crippen molar-refractivity contribution in [2.45, 2.75) is 26.3 Å². The second-order valence-electron chi connectivity index (χ2n) is 5.12. The molecule has 0 saturated carbocycles. The van der Waals surface area contributed by atoms with Crippen LogP contribution in [0.25, 0.3) is 0 Å².